The molecule has 64 valence electrons. The molecule has 0 atom stereocenters. The van der Waals surface area contributed by atoms with E-state index in [9.17, 15) is 9.90 Å². The van der Waals surface area contributed by atoms with Gasteiger partial charge in [-0.3, -0.25) is 4.79 Å². The minimum atomic E-state index is -0.379. The summed E-state index contributed by atoms with van der Waals surface area (Å²) in [6.07, 6.45) is 1.49. The molecule has 4 nitrogen and oxygen atoms in total. The van der Waals surface area contributed by atoms with Crippen LogP contribution in [0, 0.1) is 6.92 Å². The van der Waals surface area contributed by atoms with E-state index in [1.54, 1.807) is 13.0 Å². The zero-order valence-electron chi connectivity index (χ0n) is 6.96. The summed E-state index contributed by atoms with van der Waals surface area (Å²) >= 11 is 0. The number of carbonyl (C=O) groups excluding carboxylic acids is 1. The van der Waals surface area contributed by atoms with Crippen molar-refractivity contribution >= 4 is 5.91 Å². The van der Waals surface area contributed by atoms with Gasteiger partial charge in [0, 0.05) is 13.2 Å². The molecular weight excluding hydrogens is 156 g/mol. The maximum Gasteiger partial charge on any atom is 0.273 e. The van der Waals surface area contributed by atoms with Crippen LogP contribution >= 0.6 is 0 Å². The number of aromatic hydroxyl groups is 1. The monoisotopic (exact) mass is 166 g/mol. The third-order valence-electron chi connectivity index (χ3n) is 1.57. The Morgan fingerprint density at radius 2 is 2.33 bits per heavy atom. The average molecular weight is 166 g/mol. The van der Waals surface area contributed by atoms with E-state index >= 15 is 0 Å². The van der Waals surface area contributed by atoms with Gasteiger partial charge in [0.15, 0.2) is 5.69 Å². The molecule has 2 N–H and O–H groups in total. The number of amides is 1. The van der Waals surface area contributed by atoms with Crippen LogP contribution < -0.4 is 5.32 Å². The van der Waals surface area contributed by atoms with E-state index in [1.807, 2.05) is 0 Å². The molecule has 4 heteroatoms. The molecule has 1 amide bonds. The lowest BCUT2D eigenvalue weighted by atomic mass is 10.2. The highest BCUT2D eigenvalue weighted by Gasteiger charge is 2.11. The summed E-state index contributed by atoms with van der Waals surface area (Å²) in [5.41, 5.74) is 0.709. The maximum atomic E-state index is 11.1. The van der Waals surface area contributed by atoms with Crippen molar-refractivity contribution in [1.29, 1.82) is 0 Å². The van der Waals surface area contributed by atoms with E-state index in [0.29, 0.717) is 5.56 Å². The van der Waals surface area contributed by atoms with E-state index in [4.69, 9.17) is 0 Å². The van der Waals surface area contributed by atoms with Gasteiger partial charge in [-0.2, -0.15) is 0 Å². The normalized spacial score (nSPS) is 9.50. The van der Waals surface area contributed by atoms with E-state index < -0.39 is 0 Å². The Bertz CT molecular complexity index is 310. The predicted octanol–water partition coefficient (Wildman–Crippen LogP) is 0.455. The van der Waals surface area contributed by atoms with Crippen molar-refractivity contribution in [2.75, 3.05) is 7.05 Å². The molecule has 0 radical (unpaired) electrons. The second kappa shape index (κ2) is 3.21. The largest absolute Gasteiger partial charge is 0.505 e. The third kappa shape index (κ3) is 1.37. The van der Waals surface area contributed by atoms with Gasteiger partial charge in [-0.25, -0.2) is 4.98 Å². The minimum Gasteiger partial charge on any atom is -0.505 e. The number of aryl methyl sites for hydroxylation is 1. The molecule has 0 saturated heterocycles. The fourth-order valence-electron chi connectivity index (χ4n) is 0.835. The summed E-state index contributed by atoms with van der Waals surface area (Å²) in [4.78, 5) is 14.8. The van der Waals surface area contributed by atoms with Crippen LogP contribution in [0.4, 0.5) is 0 Å². The van der Waals surface area contributed by atoms with Gasteiger partial charge in [-0.05, 0) is 18.6 Å². The lowest BCUT2D eigenvalue weighted by molar-refractivity contribution is 0.0955. The van der Waals surface area contributed by atoms with E-state index in [1.165, 1.54) is 13.2 Å². The molecule has 12 heavy (non-hydrogen) atoms. The van der Waals surface area contributed by atoms with Gasteiger partial charge in [0.2, 0.25) is 0 Å². The van der Waals surface area contributed by atoms with Crippen LogP contribution in [-0.2, 0) is 0 Å². The summed E-state index contributed by atoms with van der Waals surface area (Å²) < 4.78 is 0. The molecule has 0 unspecified atom stereocenters. The van der Waals surface area contributed by atoms with E-state index in [-0.39, 0.29) is 17.4 Å². The molecule has 1 rings (SSSR count). The fraction of sp³-hybridized carbons (Fsp3) is 0.250. The molecule has 1 aromatic heterocycles. The maximum absolute atomic E-state index is 11.1. The Morgan fingerprint density at radius 3 is 2.92 bits per heavy atom. The van der Waals surface area contributed by atoms with Crippen LogP contribution in [-0.4, -0.2) is 23.0 Å². The first-order chi connectivity index (χ1) is 5.66. The van der Waals surface area contributed by atoms with Gasteiger partial charge in [-0.15, -0.1) is 0 Å². The Balaban J connectivity index is 3.16. The smallest absolute Gasteiger partial charge is 0.273 e. The van der Waals surface area contributed by atoms with Crippen molar-refractivity contribution < 1.29 is 9.90 Å². The second-order valence-electron chi connectivity index (χ2n) is 2.40. The Hall–Kier alpha value is -1.58. The van der Waals surface area contributed by atoms with Crippen LogP contribution in [0.15, 0.2) is 12.3 Å². The molecule has 0 aliphatic heterocycles. The second-order valence-corrected chi connectivity index (χ2v) is 2.40. The topological polar surface area (TPSA) is 62.2 Å². The molecule has 0 aliphatic carbocycles. The molecular formula is C8H10N2O2. The predicted molar refractivity (Wildman–Crippen MR) is 44.0 cm³/mol. The molecule has 1 heterocycles. The number of carbonyl (C=O) groups is 1. The van der Waals surface area contributed by atoms with Crippen molar-refractivity contribution in [1.82, 2.24) is 10.3 Å². The van der Waals surface area contributed by atoms with Gasteiger partial charge >= 0.3 is 0 Å². The van der Waals surface area contributed by atoms with Gasteiger partial charge in [0.05, 0.1) is 0 Å². The number of hydrogen-bond donors (Lipinski definition) is 2. The lowest BCUT2D eigenvalue weighted by Crippen LogP contribution is -2.19. The van der Waals surface area contributed by atoms with Crippen molar-refractivity contribution in [3.63, 3.8) is 0 Å². The van der Waals surface area contributed by atoms with Gasteiger partial charge in [-0.1, -0.05) is 0 Å². The van der Waals surface area contributed by atoms with Gasteiger partial charge < -0.3 is 10.4 Å². The van der Waals surface area contributed by atoms with Crippen molar-refractivity contribution in [2.45, 2.75) is 6.92 Å². The van der Waals surface area contributed by atoms with Gasteiger partial charge in [0.1, 0.15) is 5.75 Å². The van der Waals surface area contributed by atoms with Crippen molar-refractivity contribution in [3.05, 3.63) is 23.5 Å². The van der Waals surface area contributed by atoms with E-state index in [2.05, 4.69) is 10.3 Å². The zero-order valence-corrected chi connectivity index (χ0v) is 6.96. The van der Waals surface area contributed by atoms with Crippen LogP contribution in [0.3, 0.4) is 0 Å². The first kappa shape index (κ1) is 8.52. The SMILES string of the molecule is CNC(=O)c1nccc(C)c1O. The van der Waals surface area contributed by atoms with Crippen LogP contribution in [0.2, 0.25) is 0 Å². The highest BCUT2D eigenvalue weighted by Crippen LogP contribution is 2.18. The molecule has 0 spiro atoms. The van der Waals surface area contributed by atoms with E-state index in [0.717, 1.165) is 0 Å². The molecule has 1 aromatic rings. The minimum absolute atomic E-state index is 0.0585. The quantitative estimate of drug-likeness (QED) is 0.637. The fourth-order valence-corrected chi connectivity index (χ4v) is 0.835. The average Bonchev–Trinajstić information content (AvgIpc) is 2.08. The molecule has 0 bridgehead atoms. The Kier molecular flexibility index (Phi) is 2.28. The molecule has 0 fully saturated rings. The van der Waals surface area contributed by atoms with Crippen molar-refractivity contribution in [3.8, 4) is 5.75 Å². The molecule has 0 aliphatic rings. The number of hydrogen-bond acceptors (Lipinski definition) is 3. The van der Waals surface area contributed by atoms with Gasteiger partial charge in [0.25, 0.3) is 5.91 Å². The zero-order chi connectivity index (χ0) is 9.14. The Morgan fingerprint density at radius 1 is 1.67 bits per heavy atom. The van der Waals surface area contributed by atoms with Crippen LogP contribution in [0.1, 0.15) is 16.1 Å². The number of aromatic nitrogens is 1. The van der Waals surface area contributed by atoms with Crippen LogP contribution in [0.25, 0.3) is 0 Å². The first-order valence-corrected chi connectivity index (χ1v) is 3.53. The third-order valence-corrected chi connectivity index (χ3v) is 1.57. The summed E-state index contributed by atoms with van der Waals surface area (Å²) in [6, 6.07) is 1.64. The summed E-state index contributed by atoms with van der Waals surface area (Å²) in [7, 11) is 1.49. The molecule has 0 aromatic carbocycles. The number of pyridine rings is 1. The van der Waals surface area contributed by atoms with Crippen molar-refractivity contribution in [2.24, 2.45) is 0 Å². The van der Waals surface area contributed by atoms with Crippen LogP contribution in [0.5, 0.6) is 5.75 Å². The first-order valence-electron chi connectivity index (χ1n) is 3.53. The highest BCUT2D eigenvalue weighted by molar-refractivity contribution is 5.94. The summed E-state index contributed by atoms with van der Waals surface area (Å²) in [5.74, 6) is -0.437. The number of nitrogens with zero attached hydrogens (tertiary/aromatic N) is 1. The lowest BCUT2D eigenvalue weighted by Gasteiger charge is -2.03. The standard InChI is InChI=1S/C8H10N2O2/c1-5-3-4-10-6(7(5)11)8(12)9-2/h3-4,11H,1-2H3,(H,9,12). The number of nitrogens with one attached hydrogen (secondary N) is 1. The highest BCUT2D eigenvalue weighted by atomic mass is 16.3. The summed E-state index contributed by atoms with van der Waals surface area (Å²) in [5, 5.41) is 11.8. The summed E-state index contributed by atoms with van der Waals surface area (Å²) in [6.45, 7) is 1.71. The Labute approximate surface area is 70.3 Å². The molecule has 0 saturated carbocycles. The number of rotatable bonds is 1.